The number of hydrogen-bond donors (Lipinski definition) is 1. The Morgan fingerprint density at radius 2 is 2.31 bits per heavy atom. The molecule has 2 aliphatic heterocycles. The molecule has 1 fully saturated rings. The number of rotatable bonds is 3. The molecule has 0 aromatic heterocycles. The number of fused-ring (bicyclic) bond motifs is 1. The third kappa shape index (κ3) is 1.65. The Kier molecular flexibility index (Phi) is 2.48. The van der Waals surface area contributed by atoms with Gasteiger partial charge in [-0.05, 0) is 25.1 Å². The van der Waals surface area contributed by atoms with E-state index >= 15 is 0 Å². The van der Waals surface area contributed by atoms with E-state index in [2.05, 4.69) is 35.3 Å². The van der Waals surface area contributed by atoms with Crippen molar-refractivity contribution in [2.24, 2.45) is 0 Å². The number of benzene rings is 1. The first kappa shape index (κ1) is 9.97. The molecule has 86 valence electrons. The first-order valence-corrected chi connectivity index (χ1v) is 6.11. The maximum atomic E-state index is 6.04. The summed E-state index contributed by atoms with van der Waals surface area (Å²) in [4.78, 5) is 2.39. The number of nitrogens with one attached hydrogen (secondary N) is 1. The summed E-state index contributed by atoms with van der Waals surface area (Å²) in [5, 5.41) is 3.38. The first-order valence-electron chi connectivity index (χ1n) is 6.11. The standard InChI is InChI=1S/C13H18N2O/c1-2-15-8-10(9-15)16-13-5-3-4-12-11(13)6-7-14-12/h3-5,10,14H,2,6-9H2,1H3. The minimum atomic E-state index is 0.395. The topological polar surface area (TPSA) is 24.5 Å². The van der Waals surface area contributed by atoms with Crippen molar-refractivity contribution in [1.82, 2.24) is 4.90 Å². The van der Waals surface area contributed by atoms with Crippen molar-refractivity contribution in [3.63, 3.8) is 0 Å². The first-order chi connectivity index (χ1) is 7.86. The highest BCUT2D eigenvalue weighted by Gasteiger charge is 2.28. The maximum absolute atomic E-state index is 6.04. The van der Waals surface area contributed by atoms with Gasteiger partial charge in [0.15, 0.2) is 0 Å². The highest BCUT2D eigenvalue weighted by atomic mass is 16.5. The molecule has 2 aliphatic rings. The average Bonchev–Trinajstić information content (AvgIpc) is 2.71. The number of likely N-dealkylation sites (N-methyl/N-ethyl adjacent to an activating group) is 1. The Labute approximate surface area is 96.4 Å². The van der Waals surface area contributed by atoms with E-state index in [0.29, 0.717) is 6.10 Å². The monoisotopic (exact) mass is 218 g/mol. The summed E-state index contributed by atoms with van der Waals surface area (Å²) in [6.45, 7) is 6.53. The average molecular weight is 218 g/mol. The molecule has 0 aliphatic carbocycles. The number of likely N-dealkylation sites (tertiary alicyclic amines) is 1. The zero-order chi connectivity index (χ0) is 11.0. The van der Waals surface area contributed by atoms with Crippen LogP contribution < -0.4 is 10.1 Å². The molecule has 0 amide bonds. The van der Waals surface area contributed by atoms with Gasteiger partial charge in [0.05, 0.1) is 0 Å². The van der Waals surface area contributed by atoms with Crippen LogP contribution in [0.5, 0.6) is 5.75 Å². The molecule has 16 heavy (non-hydrogen) atoms. The van der Waals surface area contributed by atoms with Crippen LogP contribution in [0.4, 0.5) is 5.69 Å². The fraction of sp³-hybridized carbons (Fsp3) is 0.538. The van der Waals surface area contributed by atoms with Gasteiger partial charge in [0.2, 0.25) is 0 Å². The van der Waals surface area contributed by atoms with Crippen LogP contribution in [0.3, 0.4) is 0 Å². The molecule has 1 saturated heterocycles. The van der Waals surface area contributed by atoms with Gasteiger partial charge in [-0.3, -0.25) is 4.90 Å². The highest BCUT2D eigenvalue weighted by molar-refractivity contribution is 5.61. The molecule has 0 bridgehead atoms. The third-order valence-corrected chi connectivity index (χ3v) is 3.49. The fourth-order valence-corrected chi connectivity index (χ4v) is 2.46. The van der Waals surface area contributed by atoms with Crippen LogP contribution in [0.2, 0.25) is 0 Å². The van der Waals surface area contributed by atoms with Gasteiger partial charge in [0, 0.05) is 30.9 Å². The molecule has 2 heterocycles. The molecule has 0 radical (unpaired) electrons. The largest absolute Gasteiger partial charge is 0.487 e. The van der Waals surface area contributed by atoms with Crippen molar-refractivity contribution in [1.29, 1.82) is 0 Å². The van der Waals surface area contributed by atoms with Crippen molar-refractivity contribution >= 4 is 5.69 Å². The zero-order valence-electron chi connectivity index (χ0n) is 9.70. The lowest BCUT2D eigenvalue weighted by Gasteiger charge is -2.38. The summed E-state index contributed by atoms with van der Waals surface area (Å²) in [5.41, 5.74) is 2.61. The van der Waals surface area contributed by atoms with Gasteiger partial charge in [-0.25, -0.2) is 0 Å². The van der Waals surface area contributed by atoms with E-state index in [9.17, 15) is 0 Å². The molecule has 1 aromatic carbocycles. The van der Waals surface area contributed by atoms with Gasteiger partial charge in [0.25, 0.3) is 0 Å². The normalized spacial score (nSPS) is 20.1. The molecule has 0 saturated carbocycles. The van der Waals surface area contributed by atoms with Crippen LogP contribution in [0.1, 0.15) is 12.5 Å². The van der Waals surface area contributed by atoms with Crippen molar-refractivity contribution in [2.45, 2.75) is 19.4 Å². The Balaban J connectivity index is 1.69. The van der Waals surface area contributed by atoms with Crippen LogP contribution in [0, 0.1) is 0 Å². The van der Waals surface area contributed by atoms with Crippen molar-refractivity contribution in [3.8, 4) is 5.75 Å². The Morgan fingerprint density at radius 1 is 1.44 bits per heavy atom. The number of anilines is 1. The molecular formula is C13H18N2O. The maximum Gasteiger partial charge on any atom is 0.125 e. The molecule has 0 atom stereocenters. The van der Waals surface area contributed by atoms with E-state index < -0.39 is 0 Å². The lowest BCUT2D eigenvalue weighted by Crippen LogP contribution is -2.53. The molecule has 1 aromatic rings. The van der Waals surface area contributed by atoms with Crippen molar-refractivity contribution in [3.05, 3.63) is 23.8 Å². The van der Waals surface area contributed by atoms with Crippen LogP contribution >= 0.6 is 0 Å². The predicted molar refractivity (Wildman–Crippen MR) is 65.2 cm³/mol. The summed E-state index contributed by atoms with van der Waals surface area (Å²) in [7, 11) is 0. The quantitative estimate of drug-likeness (QED) is 0.836. The molecule has 0 unspecified atom stereocenters. The molecule has 1 N–H and O–H groups in total. The fourth-order valence-electron chi connectivity index (χ4n) is 2.46. The van der Waals surface area contributed by atoms with Crippen LogP contribution in [-0.4, -0.2) is 37.2 Å². The second kappa shape index (κ2) is 3.98. The molecule has 3 nitrogen and oxygen atoms in total. The lowest BCUT2D eigenvalue weighted by molar-refractivity contribution is 0.0234. The molecule has 3 rings (SSSR count). The van der Waals surface area contributed by atoms with E-state index in [1.807, 2.05) is 0 Å². The summed E-state index contributed by atoms with van der Waals surface area (Å²) >= 11 is 0. The lowest BCUT2D eigenvalue weighted by atomic mass is 10.1. The summed E-state index contributed by atoms with van der Waals surface area (Å²) in [6.07, 6.45) is 1.49. The molecular weight excluding hydrogens is 200 g/mol. The smallest absolute Gasteiger partial charge is 0.125 e. The minimum Gasteiger partial charge on any atom is -0.487 e. The summed E-state index contributed by atoms with van der Waals surface area (Å²) in [6, 6.07) is 6.30. The van der Waals surface area contributed by atoms with E-state index in [1.54, 1.807) is 0 Å². The van der Waals surface area contributed by atoms with Gasteiger partial charge in [0.1, 0.15) is 11.9 Å². The van der Waals surface area contributed by atoms with Gasteiger partial charge in [-0.2, -0.15) is 0 Å². The second-order valence-corrected chi connectivity index (χ2v) is 4.55. The van der Waals surface area contributed by atoms with Crippen LogP contribution in [0.15, 0.2) is 18.2 Å². The van der Waals surface area contributed by atoms with E-state index in [4.69, 9.17) is 4.74 Å². The van der Waals surface area contributed by atoms with Crippen molar-refractivity contribution in [2.75, 3.05) is 31.5 Å². The zero-order valence-corrected chi connectivity index (χ0v) is 9.70. The number of ether oxygens (including phenoxy) is 1. The molecule has 0 spiro atoms. The second-order valence-electron chi connectivity index (χ2n) is 4.55. The van der Waals surface area contributed by atoms with Gasteiger partial charge in [-0.15, -0.1) is 0 Å². The highest BCUT2D eigenvalue weighted by Crippen LogP contribution is 2.32. The Hall–Kier alpha value is -1.22. The van der Waals surface area contributed by atoms with E-state index in [0.717, 1.165) is 38.3 Å². The Morgan fingerprint density at radius 3 is 3.12 bits per heavy atom. The van der Waals surface area contributed by atoms with E-state index in [1.165, 1.54) is 11.3 Å². The van der Waals surface area contributed by atoms with Crippen molar-refractivity contribution < 1.29 is 4.74 Å². The van der Waals surface area contributed by atoms with Crippen LogP contribution in [0.25, 0.3) is 0 Å². The van der Waals surface area contributed by atoms with Gasteiger partial charge >= 0.3 is 0 Å². The number of hydrogen-bond acceptors (Lipinski definition) is 3. The summed E-state index contributed by atoms with van der Waals surface area (Å²) < 4.78 is 6.04. The SMILES string of the molecule is CCN1CC(Oc2cccc3c2CCN3)C1. The number of nitrogens with zero attached hydrogens (tertiary/aromatic N) is 1. The molecule has 3 heteroatoms. The summed E-state index contributed by atoms with van der Waals surface area (Å²) in [5.74, 6) is 1.09. The van der Waals surface area contributed by atoms with Gasteiger partial charge in [-0.1, -0.05) is 13.0 Å². The predicted octanol–water partition coefficient (Wildman–Crippen LogP) is 1.74. The van der Waals surface area contributed by atoms with Crippen LogP contribution in [-0.2, 0) is 6.42 Å². The van der Waals surface area contributed by atoms with E-state index in [-0.39, 0.29) is 0 Å². The minimum absolute atomic E-state index is 0.395. The third-order valence-electron chi connectivity index (χ3n) is 3.49. The van der Waals surface area contributed by atoms with Gasteiger partial charge < -0.3 is 10.1 Å². The Bertz CT molecular complexity index is 386.